The van der Waals surface area contributed by atoms with Gasteiger partial charge in [0.25, 0.3) is 0 Å². The van der Waals surface area contributed by atoms with Crippen LogP contribution in [-0.4, -0.2) is 7.05 Å². The Morgan fingerprint density at radius 3 is 2.10 bits per heavy atom. The van der Waals surface area contributed by atoms with Crippen LogP contribution in [0.25, 0.3) is 0 Å². The number of benzene rings is 2. The minimum atomic E-state index is -0.316. The highest BCUT2D eigenvalue weighted by molar-refractivity contribution is 6.31. The van der Waals surface area contributed by atoms with Crippen molar-refractivity contribution in [1.29, 1.82) is 0 Å². The highest BCUT2D eigenvalue weighted by Crippen LogP contribution is 2.29. The summed E-state index contributed by atoms with van der Waals surface area (Å²) in [5.41, 5.74) is 3.30. The van der Waals surface area contributed by atoms with Crippen LogP contribution >= 0.6 is 11.6 Å². The van der Waals surface area contributed by atoms with E-state index in [0.29, 0.717) is 10.9 Å². The minimum absolute atomic E-state index is 0.0377. The topological polar surface area (TPSA) is 12.0 Å². The predicted octanol–water partition coefficient (Wildman–Crippen LogP) is 4.91. The zero-order valence-corrected chi connectivity index (χ0v) is 12.7. The van der Waals surface area contributed by atoms with E-state index in [9.17, 15) is 4.39 Å². The summed E-state index contributed by atoms with van der Waals surface area (Å²) in [5.74, 6) is 0.190. The summed E-state index contributed by atoms with van der Waals surface area (Å²) < 4.78 is 13.2. The fourth-order valence-corrected chi connectivity index (χ4v) is 2.59. The van der Waals surface area contributed by atoms with Crippen LogP contribution in [0.2, 0.25) is 5.02 Å². The zero-order chi connectivity index (χ0) is 14.7. The van der Waals surface area contributed by atoms with Crippen molar-refractivity contribution in [1.82, 2.24) is 5.32 Å². The molecule has 1 unspecified atom stereocenters. The van der Waals surface area contributed by atoms with Gasteiger partial charge in [-0.2, -0.15) is 0 Å². The maximum absolute atomic E-state index is 13.2. The Morgan fingerprint density at radius 1 is 1.00 bits per heavy atom. The van der Waals surface area contributed by atoms with Gasteiger partial charge in [0.2, 0.25) is 0 Å². The Kier molecular flexibility index (Phi) is 4.79. The molecule has 2 aromatic carbocycles. The first-order chi connectivity index (χ1) is 9.52. The van der Waals surface area contributed by atoms with Gasteiger partial charge >= 0.3 is 0 Å². The first-order valence-electron chi connectivity index (χ1n) is 6.75. The van der Waals surface area contributed by atoms with E-state index in [2.05, 4.69) is 43.4 Å². The summed E-state index contributed by atoms with van der Waals surface area (Å²) >= 11 is 6.15. The average Bonchev–Trinajstić information content (AvgIpc) is 2.42. The maximum atomic E-state index is 13.2. The normalized spacial score (nSPS) is 12.7. The summed E-state index contributed by atoms with van der Waals surface area (Å²) in [4.78, 5) is 0. The van der Waals surface area contributed by atoms with E-state index in [0.717, 1.165) is 11.1 Å². The lowest BCUT2D eigenvalue weighted by atomic mass is 9.95. The third-order valence-electron chi connectivity index (χ3n) is 3.50. The van der Waals surface area contributed by atoms with Gasteiger partial charge in [0.05, 0.1) is 6.04 Å². The van der Waals surface area contributed by atoms with Crippen molar-refractivity contribution in [2.24, 2.45) is 0 Å². The van der Waals surface area contributed by atoms with E-state index >= 15 is 0 Å². The predicted molar refractivity (Wildman–Crippen MR) is 82.8 cm³/mol. The van der Waals surface area contributed by atoms with Crippen molar-refractivity contribution in [3.05, 3.63) is 70.0 Å². The molecule has 0 saturated carbocycles. The second-order valence-electron chi connectivity index (χ2n) is 5.21. The molecule has 1 N–H and O–H groups in total. The molecule has 0 bridgehead atoms. The molecule has 0 fully saturated rings. The van der Waals surface area contributed by atoms with E-state index in [-0.39, 0.29) is 11.9 Å². The second-order valence-corrected chi connectivity index (χ2v) is 5.62. The molecule has 0 saturated heterocycles. The van der Waals surface area contributed by atoms with Gasteiger partial charge in [0.1, 0.15) is 5.82 Å². The lowest BCUT2D eigenvalue weighted by Crippen LogP contribution is -2.18. The van der Waals surface area contributed by atoms with Gasteiger partial charge < -0.3 is 5.32 Å². The first kappa shape index (κ1) is 15.0. The number of hydrogen-bond donors (Lipinski definition) is 1. The lowest BCUT2D eigenvalue weighted by molar-refractivity contribution is 0.623. The third kappa shape index (κ3) is 3.20. The molecule has 0 aliphatic carbocycles. The molecular formula is C17H19ClFN. The Morgan fingerprint density at radius 2 is 1.60 bits per heavy atom. The maximum Gasteiger partial charge on any atom is 0.124 e. The molecule has 0 heterocycles. The number of rotatable bonds is 4. The number of nitrogens with one attached hydrogen (secondary N) is 1. The Bertz CT molecular complexity index is 578. The van der Waals surface area contributed by atoms with Crippen molar-refractivity contribution in [3.8, 4) is 0 Å². The van der Waals surface area contributed by atoms with Crippen molar-refractivity contribution in [3.63, 3.8) is 0 Å². The molecule has 2 aromatic rings. The summed E-state index contributed by atoms with van der Waals surface area (Å²) in [6, 6.07) is 12.9. The van der Waals surface area contributed by atoms with Crippen molar-refractivity contribution >= 4 is 11.6 Å². The van der Waals surface area contributed by atoms with Crippen molar-refractivity contribution in [2.45, 2.75) is 25.8 Å². The molecule has 0 amide bonds. The molecule has 0 aromatic heterocycles. The molecule has 20 heavy (non-hydrogen) atoms. The summed E-state index contributed by atoms with van der Waals surface area (Å²) in [6.45, 7) is 4.34. The number of halogens is 2. The van der Waals surface area contributed by atoms with Crippen LogP contribution in [0.1, 0.15) is 42.5 Å². The fourth-order valence-electron chi connectivity index (χ4n) is 2.31. The average molecular weight is 292 g/mol. The molecule has 0 aliphatic rings. The van der Waals surface area contributed by atoms with E-state index in [4.69, 9.17) is 11.6 Å². The third-order valence-corrected chi connectivity index (χ3v) is 3.83. The SMILES string of the molecule is CNC(c1ccc(C(C)C)cc1)c1ccc(F)cc1Cl. The number of hydrogen-bond acceptors (Lipinski definition) is 1. The molecule has 1 nitrogen and oxygen atoms in total. The van der Waals surface area contributed by atoms with Crippen LogP contribution in [0.5, 0.6) is 0 Å². The largest absolute Gasteiger partial charge is 0.309 e. The minimum Gasteiger partial charge on any atom is -0.309 e. The van der Waals surface area contributed by atoms with E-state index < -0.39 is 0 Å². The Hall–Kier alpha value is -1.38. The van der Waals surface area contributed by atoms with Gasteiger partial charge in [-0.1, -0.05) is 55.8 Å². The van der Waals surface area contributed by atoms with Crippen molar-refractivity contribution < 1.29 is 4.39 Å². The second kappa shape index (κ2) is 6.38. The van der Waals surface area contributed by atoms with Gasteiger partial charge in [-0.25, -0.2) is 4.39 Å². The summed E-state index contributed by atoms with van der Waals surface area (Å²) in [5, 5.41) is 3.68. The Labute approximate surface area is 124 Å². The molecule has 0 spiro atoms. The highest BCUT2D eigenvalue weighted by Gasteiger charge is 2.15. The zero-order valence-electron chi connectivity index (χ0n) is 12.0. The quantitative estimate of drug-likeness (QED) is 0.844. The molecule has 0 radical (unpaired) electrons. The summed E-state index contributed by atoms with van der Waals surface area (Å²) in [6.07, 6.45) is 0. The standard InChI is InChI=1S/C17H19ClFN/c1-11(2)12-4-6-13(7-5-12)17(20-3)15-9-8-14(19)10-16(15)18/h4-11,17,20H,1-3H3. The molecular weight excluding hydrogens is 273 g/mol. The first-order valence-corrected chi connectivity index (χ1v) is 7.12. The van der Waals surface area contributed by atoms with Gasteiger partial charge in [0.15, 0.2) is 0 Å². The van der Waals surface area contributed by atoms with Crippen LogP contribution in [0, 0.1) is 5.82 Å². The van der Waals surface area contributed by atoms with Crippen LogP contribution < -0.4 is 5.32 Å². The molecule has 3 heteroatoms. The van der Waals surface area contributed by atoms with E-state index in [1.165, 1.54) is 17.7 Å². The molecule has 1 atom stereocenters. The lowest BCUT2D eigenvalue weighted by Gasteiger charge is -2.19. The van der Waals surface area contributed by atoms with E-state index in [1.807, 2.05) is 7.05 Å². The summed E-state index contributed by atoms with van der Waals surface area (Å²) in [7, 11) is 1.88. The van der Waals surface area contributed by atoms with E-state index in [1.54, 1.807) is 6.07 Å². The van der Waals surface area contributed by atoms with Gasteiger partial charge in [0, 0.05) is 5.02 Å². The van der Waals surface area contributed by atoms with Crippen molar-refractivity contribution in [2.75, 3.05) is 7.05 Å². The van der Waals surface area contributed by atoms with Gasteiger partial charge in [-0.15, -0.1) is 0 Å². The smallest absolute Gasteiger partial charge is 0.124 e. The molecule has 0 aliphatic heterocycles. The molecule has 2 rings (SSSR count). The monoisotopic (exact) mass is 291 g/mol. The van der Waals surface area contributed by atoms with Crippen LogP contribution in [0.15, 0.2) is 42.5 Å². The van der Waals surface area contributed by atoms with Gasteiger partial charge in [-0.05, 0) is 41.8 Å². The Balaban J connectivity index is 2.36. The van der Waals surface area contributed by atoms with Crippen LogP contribution in [-0.2, 0) is 0 Å². The van der Waals surface area contributed by atoms with Gasteiger partial charge in [-0.3, -0.25) is 0 Å². The fraction of sp³-hybridized carbons (Fsp3) is 0.294. The highest BCUT2D eigenvalue weighted by atomic mass is 35.5. The molecule has 106 valence electrons. The van der Waals surface area contributed by atoms with Crippen LogP contribution in [0.4, 0.5) is 4.39 Å². The van der Waals surface area contributed by atoms with Crippen LogP contribution in [0.3, 0.4) is 0 Å².